The van der Waals surface area contributed by atoms with E-state index in [9.17, 15) is 4.79 Å². The van der Waals surface area contributed by atoms with Gasteiger partial charge in [-0.05, 0) is 44.1 Å². The molecule has 1 fully saturated rings. The van der Waals surface area contributed by atoms with E-state index in [2.05, 4.69) is 25.7 Å². The number of nitrogens with zero attached hydrogens (tertiary/aromatic N) is 1. The summed E-state index contributed by atoms with van der Waals surface area (Å²) in [5.41, 5.74) is 5.65. The van der Waals surface area contributed by atoms with E-state index in [1.807, 2.05) is 0 Å². The Bertz CT molecular complexity index is 259. The Morgan fingerprint density at radius 1 is 1.32 bits per heavy atom. The molecule has 0 aromatic heterocycles. The molecule has 0 aliphatic carbocycles. The second kappa shape index (κ2) is 8.57. The zero-order valence-corrected chi connectivity index (χ0v) is 13.0. The summed E-state index contributed by atoms with van der Waals surface area (Å²) in [6.07, 6.45) is 7.56. The van der Waals surface area contributed by atoms with Crippen LogP contribution in [0.5, 0.6) is 0 Å². The van der Waals surface area contributed by atoms with Crippen LogP contribution in [0.4, 0.5) is 0 Å². The Balaban J connectivity index is 2.40. The first kappa shape index (κ1) is 16.5. The summed E-state index contributed by atoms with van der Waals surface area (Å²) >= 11 is 0. The predicted molar refractivity (Wildman–Crippen MR) is 80.9 cm³/mol. The highest BCUT2D eigenvalue weighted by molar-refractivity contribution is 5.76. The summed E-state index contributed by atoms with van der Waals surface area (Å²) < 4.78 is 0. The van der Waals surface area contributed by atoms with Gasteiger partial charge in [0.05, 0.1) is 0 Å². The highest BCUT2D eigenvalue weighted by atomic mass is 16.2. The van der Waals surface area contributed by atoms with Gasteiger partial charge >= 0.3 is 0 Å². The van der Waals surface area contributed by atoms with Crippen molar-refractivity contribution in [3.05, 3.63) is 0 Å². The van der Waals surface area contributed by atoms with Crippen LogP contribution in [0.15, 0.2) is 0 Å². The number of rotatable bonds is 8. The molecule has 19 heavy (non-hydrogen) atoms. The Morgan fingerprint density at radius 3 is 2.63 bits per heavy atom. The lowest BCUT2D eigenvalue weighted by atomic mass is 9.94. The summed E-state index contributed by atoms with van der Waals surface area (Å²) in [6, 6.07) is 0.478. The highest BCUT2D eigenvalue weighted by Crippen LogP contribution is 2.26. The zero-order valence-electron chi connectivity index (χ0n) is 13.0. The molecule has 0 bridgehead atoms. The number of nitrogens with two attached hydrogens (primary N) is 1. The predicted octanol–water partition coefficient (Wildman–Crippen LogP) is 3.18. The topological polar surface area (TPSA) is 46.3 Å². The van der Waals surface area contributed by atoms with Crippen LogP contribution >= 0.6 is 0 Å². The number of likely N-dealkylation sites (tertiary alicyclic amines) is 1. The van der Waals surface area contributed by atoms with Gasteiger partial charge in [0.25, 0.3) is 0 Å². The Labute approximate surface area is 118 Å². The van der Waals surface area contributed by atoms with Gasteiger partial charge in [-0.2, -0.15) is 0 Å². The van der Waals surface area contributed by atoms with Crippen molar-refractivity contribution in [2.45, 2.75) is 71.8 Å². The van der Waals surface area contributed by atoms with Gasteiger partial charge in [-0.3, -0.25) is 4.79 Å². The Kier molecular flexibility index (Phi) is 7.44. The molecule has 0 saturated carbocycles. The molecule has 2 N–H and O–H groups in total. The van der Waals surface area contributed by atoms with E-state index in [0.717, 1.165) is 25.9 Å². The van der Waals surface area contributed by atoms with Crippen LogP contribution in [0, 0.1) is 11.8 Å². The first-order chi connectivity index (χ1) is 9.10. The van der Waals surface area contributed by atoms with E-state index < -0.39 is 0 Å². The summed E-state index contributed by atoms with van der Waals surface area (Å²) in [5.74, 6) is 1.59. The van der Waals surface area contributed by atoms with Crippen LogP contribution in [0.25, 0.3) is 0 Å². The number of amides is 1. The number of hydrogen-bond donors (Lipinski definition) is 1. The minimum absolute atomic E-state index is 0.370. The lowest BCUT2D eigenvalue weighted by molar-refractivity contribution is -0.133. The van der Waals surface area contributed by atoms with Crippen LogP contribution in [0.1, 0.15) is 65.7 Å². The van der Waals surface area contributed by atoms with Gasteiger partial charge in [0, 0.05) is 19.0 Å². The molecular weight excluding hydrogens is 236 g/mol. The Hall–Kier alpha value is -0.570. The fraction of sp³-hybridized carbons (Fsp3) is 0.938. The number of carbonyl (C=O) groups excluding carboxylic acids is 1. The first-order valence-corrected chi connectivity index (χ1v) is 8.09. The van der Waals surface area contributed by atoms with E-state index in [1.54, 1.807) is 0 Å². The summed E-state index contributed by atoms with van der Waals surface area (Å²) in [7, 11) is 0. The van der Waals surface area contributed by atoms with Crippen molar-refractivity contribution >= 4 is 5.91 Å². The van der Waals surface area contributed by atoms with Crippen molar-refractivity contribution in [2.24, 2.45) is 17.6 Å². The van der Waals surface area contributed by atoms with Crippen molar-refractivity contribution in [2.75, 3.05) is 13.1 Å². The van der Waals surface area contributed by atoms with Gasteiger partial charge in [-0.15, -0.1) is 0 Å². The van der Waals surface area contributed by atoms with E-state index in [0.29, 0.717) is 30.2 Å². The zero-order chi connectivity index (χ0) is 14.3. The molecule has 0 radical (unpaired) electrons. The van der Waals surface area contributed by atoms with E-state index in [4.69, 9.17) is 5.73 Å². The molecular formula is C16H32N2O. The molecule has 3 nitrogen and oxygen atoms in total. The van der Waals surface area contributed by atoms with Crippen LogP contribution in [-0.4, -0.2) is 29.9 Å². The molecule has 2 unspecified atom stereocenters. The molecule has 0 aromatic carbocycles. The van der Waals surface area contributed by atoms with Crippen LogP contribution in [0.2, 0.25) is 0 Å². The highest BCUT2D eigenvalue weighted by Gasteiger charge is 2.30. The molecule has 0 aromatic rings. The smallest absolute Gasteiger partial charge is 0.222 e. The number of hydrogen-bond acceptors (Lipinski definition) is 2. The largest absolute Gasteiger partial charge is 0.339 e. The van der Waals surface area contributed by atoms with Crippen LogP contribution in [0.3, 0.4) is 0 Å². The fourth-order valence-electron chi connectivity index (χ4n) is 3.34. The quantitative estimate of drug-likeness (QED) is 0.735. The van der Waals surface area contributed by atoms with Gasteiger partial charge in [0.1, 0.15) is 0 Å². The van der Waals surface area contributed by atoms with Gasteiger partial charge in [0.15, 0.2) is 0 Å². The summed E-state index contributed by atoms with van der Waals surface area (Å²) in [4.78, 5) is 14.5. The van der Waals surface area contributed by atoms with Crippen molar-refractivity contribution in [1.82, 2.24) is 4.90 Å². The SMILES string of the molecule is CCCC(CCN)CCC(=O)N1CCCC1C(C)C. The molecule has 0 spiro atoms. The fourth-order valence-corrected chi connectivity index (χ4v) is 3.34. The second-order valence-electron chi connectivity index (χ2n) is 6.31. The third kappa shape index (κ3) is 5.13. The second-order valence-corrected chi connectivity index (χ2v) is 6.31. The molecule has 1 aliphatic heterocycles. The minimum Gasteiger partial charge on any atom is -0.339 e. The van der Waals surface area contributed by atoms with Crippen molar-refractivity contribution < 1.29 is 4.79 Å². The molecule has 3 heteroatoms. The maximum atomic E-state index is 12.4. The maximum Gasteiger partial charge on any atom is 0.222 e. The van der Waals surface area contributed by atoms with Crippen molar-refractivity contribution in [3.63, 3.8) is 0 Å². The number of carbonyl (C=O) groups is 1. The summed E-state index contributed by atoms with van der Waals surface area (Å²) in [6.45, 7) is 8.38. The van der Waals surface area contributed by atoms with Crippen LogP contribution < -0.4 is 5.73 Å². The lowest BCUT2D eigenvalue weighted by Gasteiger charge is -2.28. The van der Waals surface area contributed by atoms with Gasteiger partial charge in [-0.25, -0.2) is 0 Å². The molecule has 2 atom stereocenters. The van der Waals surface area contributed by atoms with Crippen molar-refractivity contribution in [1.29, 1.82) is 0 Å². The van der Waals surface area contributed by atoms with Gasteiger partial charge < -0.3 is 10.6 Å². The molecule has 112 valence electrons. The molecule has 1 heterocycles. The molecule has 1 rings (SSSR count). The van der Waals surface area contributed by atoms with E-state index in [1.165, 1.54) is 25.7 Å². The first-order valence-electron chi connectivity index (χ1n) is 8.09. The monoisotopic (exact) mass is 268 g/mol. The van der Waals surface area contributed by atoms with Gasteiger partial charge in [0.2, 0.25) is 5.91 Å². The molecule has 1 amide bonds. The minimum atomic E-state index is 0.370. The maximum absolute atomic E-state index is 12.4. The third-order valence-corrected chi connectivity index (χ3v) is 4.43. The van der Waals surface area contributed by atoms with E-state index >= 15 is 0 Å². The standard InChI is InChI=1S/C16H32N2O/c1-4-6-14(10-11-17)8-9-16(19)18-12-5-7-15(18)13(2)3/h13-15H,4-12,17H2,1-3H3. The average molecular weight is 268 g/mol. The van der Waals surface area contributed by atoms with Crippen molar-refractivity contribution in [3.8, 4) is 0 Å². The van der Waals surface area contributed by atoms with Crippen LogP contribution in [-0.2, 0) is 4.79 Å². The lowest BCUT2D eigenvalue weighted by Crippen LogP contribution is -2.38. The summed E-state index contributed by atoms with van der Waals surface area (Å²) in [5, 5.41) is 0. The molecule has 1 saturated heterocycles. The Morgan fingerprint density at radius 2 is 2.05 bits per heavy atom. The average Bonchev–Trinajstić information content (AvgIpc) is 2.85. The molecule has 1 aliphatic rings. The van der Waals surface area contributed by atoms with Gasteiger partial charge in [-0.1, -0.05) is 33.6 Å². The third-order valence-electron chi connectivity index (χ3n) is 4.43. The normalized spacial score (nSPS) is 21.1. The van der Waals surface area contributed by atoms with E-state index in [-0.39, 0.29) is 0 Å².